The Hall–Kier alpha value is -2.49. The maximum Gasteiger partial charge on any atom is 0.0704 e. The van der Waals surface area contributed by atoms with Crippen molar-refractivity contribution in [3.05, 3.63) is 54.4 Å². The molecule has 4 nitrogen and oxygen atoms in total. The Balaban J connectivity index is 1.57. The molecule has 1 aromatic heterocycles. The summed E-state index contributed by atoms with van der Waals surface area (Å²) in [4.78, 5) is 6.99. The topological polar surface area (TPSA) is 54.2 Å². The third kappa shape index (κ3) is 2.23. The number of hydrogen-bond donors (Lipinski definition) is 2. The highest BCUT2D eigenvalue weighted by Gasteiger charge is 2.30. The largest absolute Gasteiger partial charge is 0.399 e. The summed E-state index contributed by atoms with van der Waals surface area (Å²) in [5.74, 6) is 0.665. The molecule has 106 valence electrons. The first-order valence-electron chi connectivity index (χ1n) is 7.29. The molecule has 1 atom stereocenters. The lowest BCUT2D eigenvalue weighted by molar-refractivity contribution is 0.678. The van der Waals surface area contributed by atoms with E-state index in [1.54, 1.807) is 0 Å². The standard InChI is InChI=1S/C17H18N4/c18-15-3-1-2-12(6-15)17-5-4-16(9-20-17)21-10-13-7-19-8-14(13)11-21/h1-7,9,14,19H,8,10-11,18H2. The van der Waals surface area contributed by atoms with Gasteiger partial charge in [-0.15, -0.1) is 0 Å². The molecule has 1 saturated heterocycles. The summed E-state index contributed by atoms with van der Waals surface area (Å²) in [7, 11) is 0. The summed E-state index contributed by atoms with van der Waals surface area (Å²) in [5.41, 5.74) is 11.3. The molecule has 0 aliphatic carbocycles. The van der Waals surface area contributed by atoms with Crippen LogP contribution in [0.15, 0.2) is 54.4 Å². The van der Waals surface area contributed by atoms with Crippen molar-refractivity contribution in [1.82, 2.24) is 10.3 Å². The molecule has 1 fully saturated rings. The Morgan fingerprint density at radius 3 is 2.95 bits per heavy atom. The fraction of sp³-hybridized carbons (Fsp3) is 0.235. The van der Waals surface area contributed by atoms with Crippen molar-refractivity contribution in [3.8, 4) is 11.3 Å². The molecular weight excluding hydrogens is 260 g/mol. The summed E-state index contributed by atoms with van der Waals surface area (Å²) in [5, 5.41) is 3.32. The third-order valence-corrected chi connectivity index (χ3v) is 4.29. The Morgan fingerprint density at radius 1 is 1.24 bits per heavy atom. The van der Waals surface area contributed by atoms with Gasteiger partial charge in [-0.1, -0.05) is 12.1 Å². The Bertz CT molecular complexity index is 690. The van der Waals surface area contributed by atoms with E-state index < -0.39 is 0 Å². The van der Waals surface area contributed by atoms with Crippen molar-refractivity contribution < 1.29 is 0 Å². The van der Waals surface area contributed by atoms with Crippen molar-refractivity contribution in [3.63, 3.8) is 0 Å². The lowest BCUT2D eigenvalue weighted by Crippen LogP contribution is -2.23. The molecule has 4 rings (SSSR count). The second-order valence-corrected chi connectivity index (χ2v) is 5.73. The quantitative estimate of drug-likeness (QED) is 0.827. The molecule has 1 aromatic carbocycles. The molecule has 1 unspecified atom stereocenters. The summed E-state index contributed by atoms with van der Waals surface area (Å²) in [6.07, 6.45) is 4.13. The Labute approximate surface area is 124 Å². The monoisotopic (exact) mass is 278 g/mol. The van der Waals surface area contributed by atoms with Crippen LogP contribution in [0.5, 0.6) is 0 Å². The molecule has 0 amide bonds. The molecule has 0 radical (unpaired) electrons. The van der Waals surface area contributed by atoms with Crippen LogP contribution in [0.1, 0.15) is 0 Å². The van der Waals surface area contributed by atoms with Crippen molar-refractivity contribution in [2.24, 2.45) is 5.92 Å². The number of nitrogens with one attached hydrogen (secondary N) is 1. The summed E-state index contributed by atoms with van der Waals surface area (Å²) in [6.45, 7) is 3.16. The van der Waals surface area contributed by atoms with Crippen LogP contribution in [0, 0.1) is 5.92 Å². The number of pyridine rings is 1. The van der Waals surface area contributed by atoms with E-state index in [2.05, 4.69) is 33.5 Å². The molecule has 2 aliphatic heterocycles. The van der Waals surface area contributed by atoms with E-state index in [-0.39, 0.29) is 0 Å². The number of benzene rings is 1. The summed E-state index contributed by atoms with van der Waals surface area (Å²) in [6, 6.07) is 12.1. The van der Waals surface area contributed by atoms with Crippen LogP contribution in [-0.2, 0) is 0 Å². The number of nitrogens with zero attached hydrogens (tertiary/aromatic N) is 2. The van der Waals surface area contributed by atoms with Gasteiger partial charge in [0.05, 0.1) is 17.6 Å². The van der Waals surface area contributed by atoms with E-state index in [0.717, 1.165) is 36.6 Å². The SMILES string of the molecule is Nc1cccc(-c2ccc(N3CC4=CNCC4C3)cn2)c1. The number of nitrogens with two attached hydrogens (primary N) is 1. The van der Waals surface area contributed by atoms with Crippen LogP contribution < -0.4 is 16.0 Å². The minimum Gasteiger partial charge on any atom is -0.399 e. The fourth-order valence-electron chi connectivity index (χ4n) is 3.13. The van der Waals surface area contributed by atoms with Gasteiger partial charge in [0.2, 0.25) is 0 Å². The zero-order valence-electron chi connectivity index (χ0n) is 11.8. The lowest BCUT2D eigenvalue weighted by atomic mass is 10.1. The molecule has 2 aliphatic rings. The van der Waals surface area contributed by atoms with E-state index in [9.17, 15) is 0 Å². The van der Waals surface area contributed by atoms with Gasteiger partial charge in [-0.25, -0.2) is 0 Å². The summed E-state index contributed by atoms with van der Waals surface area (Å²) < 4.78 is 0. The predicted molar refractivity (Wildman–Crippen MR) is 85.9 cm³/mol. The van der Waals surface area contributed by atoms with Gasteiger partial charge in [-0.2, -0.15) is 0 Å². The van der Waals surface area contributed by atoms with Crippen LogP contribution in [0.4, 0.5) is 11.4 Å². The van der Waals surface area contributed by atoms with Gasteiger partial charge in [0.1, 0.15) is 0 Å². The van der Waals surface area contributed by atoms with Gasteiger partial charge < -0.3 is 16.0 Å². The number of rotatable bonds is 2. The average molecular weight is 278 g/mol. The predicted octanol–water partition coefficient (Wildman–Crippen LogP) is 2.25. The second-order valence-electron chi connectivity index (χ2n) is 5.73. The van der Waals surface area contributed by atoms with E-state index in [4.69, 9.17) is 5.73 Å². The first kappa shape index (κ1) is 12.3. The van der Waals surface area contributed by atoms with Crippen molar-refractivity contribution >= 4 is 11.4 Å². The summed E-state index contributed by atoms with van der Waals surface area (Å²) >= 11 is 0. The zero-order valence-corrected chi connectivity index (χ0v) is 11.8. The number of fused-ring (bicyclic) bond motifs is 1. The van der Waals surface area contributed by atoms with Crippen LogP contribution in [-0.4, -0.2) is 24.6 Å². The molecular formula is C17H18N4. The van der Waals surface area contributed by atoms with Crippen molar-refractivity contribution in [1.29, 1.82) is 0 Å². The third-order valence-electron chi connectivity index (χ3n) is 4.29. The van der Waals surface area contributed by atoms with Crippen molar-refractivity contribution in [2.45, 2.75) is 0 Å². The van der Waals surface area contributed by atoms with Crippen LogP contribution in [0.3, 0.4) is 0 Å². The Morgan fingerprint density at radius 2 is 2.19 bits per heavy atom. The van der Waals surface area contributed by atoms with E-state index >= 15 is 0 Å². The molecule has 3 N–H and O–H groups in total. The minimum atomic E-state index is 0.665. The highest BCUT2D eigenvalue weighted by atomic mass is 15.2. The maximum absolute atomic E-state index is 5.83. The van der Waals surface area contributed by atoms with Crippen LogP contribution >= 0.6 is 0 Å². The highest BCUT2D eigenvalue weighted by Crippen LogP contribution is 2.30. The van der Waals surface area contributed by atoms with Gasteiger partial charge >= 0.3 is 0 Å². The molecule has 0 spiro atoms. The lowest BCUT2D eigenvalue weighted by Gasteiger charge is -2.18. The van der Waals surface area contributed by atoms with E-state index in [1.807, 2.05) is 30.5 Å². The number of aromatic nitrogens is 1. The van der Waals surface area contributed by atoms with Gasteiger partial charge in [0.15, 0.2) is 0 Å². The molecule has 0 saturated carbocycles. The fourth-order valence-corrected chi connectivity index (χ4v) is 3.13. The van der Waals surface area contributed by atoms with E-state index in [1.165, 1.54) is 11.3 Å². The minimum absolute atomic E-state index is 0.665. The normalized spacial score (nSPS) is 20.1. The van der Waals surface area contributed by atoms with E-state index in [0.29, 0.717) is 5.92 Å². The second kappa shape index (κ2) is 4.81. The van der Waals surface area contributed by atoms with Crippen LogP contribution in [0.25, 0.3) is 11.3 Å². The van der Waals surface area contributed by atoms with Crippen molar-refractivity contribution in [2.75, 3.05) is 30.3 Å². The van der Waals surface area contributed by atoms with Gasteiger partial charge in [-0.05, 0) is 36.0 Å². The molecule has 3 heterocycles. The first-order chi connectivity index (χ1) is 10.3. The molecule has 21 heavy (non-hydrogen) atoms. The molecule has 4 heteroatoms. The van der Waals surface area contributed by atoms with Crippen LogP contribution in [0.2, 0.25) is 0 Å². The number of hydrogen-bond acceptors (Lipinski definition) is 4. The van der Waals surface area contributed by atoms with Gasteiger partial charge in [0, 0.05) is 36.8 Å². The molecule has 0 bridgehead atoms. The number of anilines is 2. The average Bonchev–Trinajstić information content (AvgIpc) is 3.09. The number of nitrogen functional groups attached to an aromatic ring is 1. The molecule has 2 aromatic rings. The Kier molecular flexibility index (Phi) is 2.81. The zero-order chi connectivity index (χ0) is 14.2. The smallest absolute Gasteiger partial charge is 0.0704 e. The highest BCUT2D eigenvalue weighted by molar-refractivity contribution is 5.65. The first-order valence-corrected chi connectivity index (χ1v) is 7.29. The van der Waals surface area contributed by atoms with Gasteiger partial charge in [-0.3, -0.25) is 4.98 Å². The van der Waals surface area contributed by atoms with Gasteiger partial charge in [0.25, 0.3) is 0 Å². The maximum atomic E-state index is 5.83.